The van der Waals surface area contributed by atoms with E-state index in [-0.39, 0.29) is 0 Å². The minimum absolute atomic E-state index is 0.307. The first-order valence-electron chi connectivity index (χ1n) is 6.35. The van der Waals surface area contributed by atoms with Crippen LogP contribution in [0.5, 0.6) is 0 Å². The molecular formula is C13H23N3O. The maximum absolute atomic E-state index is 5.94. The van der Waals surface area contributed by atoms with Crippen molar-refractivity contribution < 1.29 is 4.42 Å². The molecule has 4 nitrogen and oxygen atoms in total. The number of likely N-dealkylation sites (N-methyl/N-ethyl adjacent to an activating group) is 1. The normalized spacial score (nSPS) is 23.4. The predicted octanol–water partition coefficient (Wildman–Crippen LogP) is 1.31. The maximum Gasteiger partial charge on any atom is 0.0950 e. The standard InChI is InChI=1S/C13H23N3O/c1-15(2)9-12-4-3-6-16(12)13(8-14)11-5-7-17-10-11/h5,7,10,12-13H,3-4,6,8-9,14H2,1-2H3. The lowest BCUT2D eigenvalue weighted by atomic mass is 10.1. The topological polar surface area (TPSA) is 45.6 Å². The minimum atomic E-state index is 0.307. The Morgan fingerprint density at radius 1 is 1.59 bits per heavy atom. The van der Waals surface area contributed by atoms with Gasteiger partial charge < -0.3 is 15.1 Å². The van der Waals surface area contributed by atoms with Gasteiger partial charge in [0, 0.05) is 24.7 Å². The van der Waals surface area contributed by atoms with Crippen molar-refractivity contribution in [3.8, 4) is 0 Å². The third kappa shape index (κ3) is 2.89. The minimum Gasteiger partial charge on any atom is -0.472 e. The lowest BCUT2D eigenvalue weighted by molar-refractivity contribution is 0.155. The van der Waals surface area contributed by atoms with Crippen LogP contribution in [0.1, 0.15) is 24.4 Å². The fourth-order valence-electron chi connectivity index (χ4n) is 2.81. The van der Waals surface area contributed by atoms with E-state index in [0.717, 1.165) is 13.1 Å². The number of likely N-dealkylation sites (tertiary alicyclic amines) is 1. The Balaban J connectivity index is 2.08. The summed E-state index contributed by atoms with van der Waals surface area (Å²) in [7, 11) is 4.26. The Hall–Kier alpha value is -0.840. The van der Waals surface area contributed by atoms with Gasteiger partial charge >= 0.3 is 0 Å². The van der Waals surface area contributed by atoms with Crippen LogP contribution in [0.3, 0.4) is 0 Å². The Morgan fingerprint density at radius 2 is 2.41 bits per heavy atom. The Kier molecular flexibility index (Phi) is 4.20. The first-order valence-corrected chi connectivity index (χ1v) is 6.35. The van der Waals surface area contributed by atoms with Crippen molar-refractivity contribution in [3.63, 3.8) is 0 Å². The molecule has 0 amide bonds. The van der Waals surface area contributed by atoms with Crippen molar-refractivity contribution >= 4 is 0 Å². The van der Waals surface area contributed by atoms with Gasteiger partial charge in [-0.2, -0.15) is 0 Å². The van der Waals surface area contributed by atoms with Crippen molar-refractivity contribution in [1.29, 1.82) is 0 Å². The Bertz CT molecular complexity index is 323. The van der Waals surface area contributed by atoms with Gasteiger partial charge in [0.25, 0.3) is 0 Å². The summed E-state index contributed by atoms with van der Waals surface area (Å²) in [5.41, 5.74) is 7.15. The van der Waals surface area contributed by atoms with Crippen LogP contribution in [-0.4, -0.2) is 49.6 Å². The molecule has 1 saturated heterocycles. The van der Waals surface area contributed by atoms with Crippen LogP contribution in [0, 0.1) is 0 Å². The van der Waals surface area contributed by atoms with E-state index in [0.29, 0.717) is 18.6 Å². The Morgan fingerprint density at radius 3 is 3.00 bits per heavy atom. The zero-order valence-electron chi connectivity index (χ0n) is 10.8. The molecule has 1 aromatic heterocycles. The van der Waals surface area contributed by atoms with E-state index in [9.17, 15) is 0 Å². The number of nitrogens with zero attached hydrogens (tertiary/aromatic N) is 2. The summed E-state index contributed by atoms with van der Waals surface area (Å²) in [6.07, 6.45) is 6.09. The molecule has 1 aromatic rings. The first-order chi connectivity index (χ1) is 8.22. The molecular weight excluding hydrogens is 214 g/mol. The molecule has 0 aliphatic carbocycles. The summed E-state index contributed by atoms with van der Waals surface area (Å²) in [4.78, 5) is 4.79. The van der Waals surface area contributed by atoms with E-state index in [1.807, 2.05) is 12.3 Å². The van der Waals surface area contributed by atoms with Gasteiger partial charge in [-0.25, -0.2) is 0 Å². The van der Waals surface area contributed by atoms with Gasteiger partial charge in [0.05, 0.1) is 18.6 Å². The number of hydrogen-bond donors (Lipinski definition) is 1. The largest absolute Gasteiger partial charge is 0.472 e. The molecule has 0 radical (unpaired) electrons. The zero-order valence-corrected chi connectivity index (χ0v) is 10.8. The van der Waals surface area contributed by atoms with Crippen molar-refractivity contribution in [2.45, 2.75) is 24.9 Å². The number of hydrogen-bond acceptors (Lipinski definition) is 4. The van der Waals surface area contributed by atoms with Crippen LogP contribution in [0.25, 0.3) is 0 Å². The first kappa shape index (κ1) is 12.6. The highest BCUT2D eigenvalue weighted by molar-refractivity contribution is 5.13. The maximum atomic E-state index is 5.94. The van der Waals surface area contributed by atoms with Crippen LogP contribution >= 0.6 is 0 Å². The molecule has 4 heteroatoms. The molecule has 2 atom stereocenters. The Labute approximate surface area is 103 Å². The second-order valence-electron chi connectivity index (χ2n) is 5.10. The highest BCUT2D eigenvalue weighted by atomic mass is 16.3. The molecule has 2 N–H and O–H groups in total. The molecule has 0 bridgehead atoms. The summed E-state index contributed by atoms with van der Waals surface area (Å²) >= 11 is 0. The van der Waals surface area contributed by atoms with E-state index >= 15 is 0 Å². The molecule has 2 heterocycles. The number of rotatable bonds is 5. The van der Waals surface area contributed by atoms with Crippen molar-refractivity contribution in [3.05, 3.63) is 24.2 Å². The van der Waals surface area contributed by atoms with Gasteiger partial charge in [-0.15, -0.1) is 0 Å². The quantitative estimate of drug-likeness (QED) is 0.838. The van der Waals surface area contributed by atoms with Crippen LogP contribution in [0.2, 0.25) is 0 Å². The number of furan rings is 1. The predicted molar refractivity (Wildman–Crippen MR) is 68.8 cm³/mol. The molecule has 2 unspecified atom stereocenters. The molecule has 1 fully saturated rings. The van der Waals surface area contributed by atoms with Gasteiger partial charge in [-0.05, 0) is 39.5 Å². The molecule has 0 spiro atoms. The SMILES string of the molecule is CN(C)CC1CCCN1C(CN)c1ccoc1. The van der Waals surface area contributed by atoms with Gasteiger partial charge in [0.15, 0.2) is 0 Å². The lowest BCUT2D eigenvalue weighted by Crippen LogP contribution is -2.42. The summed E-state index contributed by atoms with van der Waals surface area (Å²) in [6, 6.07) is 2.96. The second-order valence-corrected chi connectivity index (χ2v) is 5.10. The highest BCUT2D eigenvalue weighted by Crippen LogP contribution is 2.29. The highest BCUT2D eigenvalue weighted by Gasteiger charge is 2.31. The molecule has 1 aliphatic rings. The smallest absolute Gasteiger partial charge is 0.0950 e. The molecule has 96 valence electrons. The van der Waals surface area contributed by atoms with Gasteiger partial charge in [-0.1, -0.05) is 0 Å². The lowest BCUT2D eigenvalue weighted by Gasteiger charge is -2.33. The van der Waals surface area contributed by atoms with Gasteiger partial charge in [-0.3, -0.25) is 4.90 Å². The van der Waals surface area contributed by atoms with Crippen LogP contribution in [0.4, 0.5) is 0 Å². The molecule has 0 saturated carbocycles. The fourth-order valence-corrected chi connectivity index (χ4v) is 2.81. The van der Waals surface area contributed by atoms with E-state index in [2.05, 4.69) is 23.9 Å². The molecule has 17 heavy (non-hydrogen) atoms. The van der Waals surface area contributed by atoms with E-state index in [1.165, 1.54) is 18.4 Å². The van der Waals surface area contributed by atoms with E-state index in [4.69, 9.17) is 10.2 Å². The van der Waals surface area contributed by atoms with Crippen LogP contribution in [0.15, 0.2) is 23.0 Å². The molecule has 2 rings (SSSR count). The monoisotopic (exact) mass is 237 g/mol. The summed E-state index contributed by atoms with van der Waals surface area (Å²) in [5.74, 6) is 0. The summed E-state index contributed by atoms with van der Waals surface area (Å²) in [5, 5.41) is 0. The van der Waals surface area contributed by atoms with E-state index in [1.54, 1.807) is 6.26 Å². The second kappa shape index (κ2) is 5.67. The molecule has 1 aliphatic heterocycles. The van der Waals surface area contributed by atoms with Crippen molar-refractivity contribution in [2.75, 3.05) is 33.7 Å². The average Bonchev–Trinajstić information content (AvgIpc) is 2.91. The zero-order chi connectivity index (χ0) is 12.3. The van der Waals surface area contributed by atoms with Crippen molar-refractivity contribution in [2.24, 2.45) is 5.73 Å². The number of nitrogens with two attached hydrogens (primary N) is 1. The third-order valence-corrected chi connectivity index (χ3v) is 3.55. The summed E-state index contributed by atoms with van der Waals surface area (Å²) < 4.78 is 5.18. The molecule has 0 aromatic carbocycles. The fraction of sp³-hybridized carbons (Fsp3) is 0.692. The average molecular weight is 237 g/mol. The van der Waals surface area contributed by atoms with Crippen LogP contribution < -0.4 is 5.73 Å². The van der Waals surface area contributed by atoms with Crippen LogP contribution in [-0.2, 0) is 0 Å². The van der Waals surface area contributed by atoms with Gasteiger partial charge in [0.1, 0.15) is 0 Å². The van der Waals surface area contributed by atoms with E-state index < -0.39 is 0 Å². The van der Waals surface area contributed by atoms with Crippen molar-refractivity contribution in [1.82, 2.24) is 9.80 Å². The summed E-state index contributed by atoms with van der Waals surface area (Å²) in [6.45, 7) is 2.91. The van der Waals surface area contributed by atoms with Gasteiger partial charge in [0.2, 0.25) is 0 Å². The third-order valence-electron chi connectivity index (χ3n) is 3.55.